The van der Waals surface area contributed by atoms with Crippen LogP contribution in [-0.4, -0.2) is 28.5 Å². The van der Waals surface area contributed by atoms with E-state index in [0.717, 1.165) is 43.4 Å². The van der Waals surface area contributed by atoms with E-state index in [-0.39, 0.29) is 11.9 Å². The van der Waals surface area contributed by atoms with Crippen molar-refractivity contribution in [1.29, 1.82) is 0 Å². The lowest BCUT2D eigenvalue weighted by molar-refractivity contribution is 0.0556. The fourth-order valence-corrected chi connectivity index (χ4v) is 3.51. The van der Waals surface area contributed by atoms with Gasteiger partial charge in [-0.2, -0.15) is 0 Å². The van der Waals surface area contributed by atoms with Crippen LogP contribution in [0.2, 0.25) is 0 Å². The summed E-state index contributed by atoms with van der Waals surface area (Å²) in [6, 6.07) is 11.3. The molecule has 3 rings (SSSR count). The number of furan rings is 1. The Labute approximate surface area is 143 Å². The molecule has 0 bridgehead atoms. The fraction of sp³-hybridized carbons (Fsp3) is 0.450. The van der Waals surface area contributed by atoms with Gasteiger partial charge >= 0.3 is 0 Å². The second-order valence-electron chi connectivity index (χ2n) is 6.58. The predicted octanol–water partition coefficient (Wildman–Crippen LogP) is 4.10. The van der Waals surface area contributed by atoms with Crippen molar-refractivity contribution in [1.82, 2.24) is 4.90 Å². The molecule has 2 unspecified atom stereocenters. The predicted molar refractivity (Wildman–Crippen MR) is 92.8 cm³/mol. The molecule has 4 nitrogen and oxygen atoms in total. The smallest absolute Gasteiger partial charge is 0.254 e. The Balaban J connectivity index is 1.80. The lowest BCUT2D eigenvalue weighted by Gasteiger charge is -2.31. The molecule has 0 aliphatic carbocycles. The first kappa shape index (κ1) is 16.8. The molecule has 4 heteroatoms. The van der Waals surface area contributed by atoms with Crippen molar-refractivity contribution in [3.8, 4) is 0 Å². The Morgan fingerprint density at radius 3 is 2.83 bits per heavy atom. The van der Waals surface area contributed by atoms with Crippen LogP contribution in [0.5, 0.6) is 0 Å². The van der Waals surface area contributed by atoms with Gasteiger partial charge in [0.2, 0.25) is 0 Å². The van der Waals surface area contributed by atoms with E-state index < -0.39 is 6.10 Å². The number of hydrogen-bond donors (Lipinski definition) is 1. The summed E-state index contributed by atoms with van der Waals surface area (Å²) in [4.78, 5) is 15.0. The maximum absolute atomic E-state index is 13.1. The Kier molecular flexibility index (Phi) is 5.36. The van der Waals surface area contributed by atoms with Gasteiger partial charge in [-0.05, 0) is 43.5 Å². The third-order valence-corrected chi connectivity index (χ3v) is 4.88. The number of hydrogen-bond acceptors (Lipinski definition) is 3. The van der Waals surface area contributed by atoms with Gasteiger partial charge in [0.15, 0.2) is 0 Å². The average molecular weight is 327 g/mol. The molecular formula is C20H25NO3. The molecule has 2 atom stereocenters. The monoisotopic (exact) mass is 327 g/mol. The minimum Gasteiger partial charge on any atom is -0.467 e. The Bertz CT molecular complexity index is 665. The van der Waals surface area contributed by atoms with Gasteiger partial charge in [-0.25, -0.2) is 0 Å². The second kappa shape index (κ2) is 7.67. The molecular weight excluding hydrogens is 302 g/mol. The summed E-state index contributed by atoms with van der Waals surface area (Å²) in [6.07, 6.45) is 5.58. The molecule has 0 saturated carbocycles. The van der Waals surface area contributed by atoms with E-state index in [4.69, 9.17) is 4.42 Å². The normalized spacial score (nSPS) is 19.8. The number of carbonyl (C=O) groups excluding carboxylic acids is 1. The summed E-state index contributed by atoms with van der Waals surface area (Å²) in [5, 5.41) is 10.4. The first-order valence-corrected chi connectivity index (χ1v) is 8.75. The molecule has 1 amide bonds. The van der Waals surface area contributed by atoms with E-state index in [1.807, 2.05) is 36.1 Å². The van der Waals surface area contributed by atoms with Crippen molar-refractivity contribution in [2.75, 3.05) is 6.54 Å². The number of amides is 1. The maximum Gasteiger partial charge on any atom is 0.254 e. The molecule has 0 spiro atoms. The van der Waals surface area contributed by atoms with Crippen LogP contribution in [-0.2, 0) is 0 Å². The second-order valence-corrected chi connectivity index (χ2v) is 6.58. The zero-order valence-corrected chi connectivity index (χ0v) is 14.1. The largest absolute Gasteiger partial charge is 0.467 e. The minimum absolute atomic E-state index is 0.0414. The topological polar surface area (TPSA) is 53.7 Å². The minimum atomic E-state index is -0.671. The highest BCUT2D eigenvalue weighted by Crippen LogP contribution is 2.28. The zero-order chi connectivity index (χ0) is 16.9. The van der Waals surface area contributed by atoms with Crippen LogP contribution in [0.1, 0.15) is 59.9 Å². The molecule has 1 saturated heterocycles. The van der Waals surface area contributed by atoms with Crippen molar-refractivity contribution in [3.05, 3.63) is 59.5 Å². The molecule has 1 N–H and O–H groups in total. The van der Waals surface area contributed by atoms with Gasteiger partial charge in [0, 0.05) is 24.6 Å². The summed E-state index contributed by atoms with van der Waals surface area (Å²) in [5.74, 6) is 0.647. The van der Waals surface area contributed by atoms with Crippen molar-refractivity contribution < 1.29 is 14.3 Å². The van der Waals surface area contributed by atoms with E-state index in [1.165, 1.54) is 0 Å². The highest BCUT2D eigenvalue weighted by Gasteiger charge is 2.29. The fourth-order valence-electron chi connectivity index (χ4n) is 3.51. The van der Waals surface area contributed by atoms with Gasteiger partial charge in [-0.3, -0.25) is 4.79 Å². The molecule has 128 valence electrons. The Morgan fingerprint density at radius 1 is 1.25 bits per heavy atom. The van der Waals surface area contributed by atoms with E-state index >= 15 is 0 Å². The number of benzene rings is 1. The first-order valence-electron chi connectivity index (χ1n) is 8.75. The number of aryl methyl sites for hydroxylation is 1. The molecule has 0 radical (unpaired) electrons. The summed E-state index contributed by atoms with van der Waals surface area (Å²) < 4.78 is 5.31. The molecule has 1 aliphatic heterocycles. The number of nitrogens with zero attached hydrogens (tertiary/aromatic N) is 1. The molecule has 2 heterocycles. The lowest BCUT2D eigenvalue weighted by atomic mass is 10.00. The van der Waals surface area contributed by atoms with E-state index in [2.05, 4.69) is 0 Å². The van der Waals surface area contributed by atoms with Crippen molar-refractivity contribution in [2.24, 2.45) is 0 Å². The third-order valence-electron chi connectivity index (χ3n) is 4.88. The van der Waals surface area contributed by atoms with Crippen molar-refractivity contribution in [2.45, 2.75) is 51.2 Å². The van der Waals surface area contributed by atoms with Crippen LogP contribution in [0.4, 0.5) is 0 Å². The SMILES string of the molecule is Cc1ccccc1C(=O)N1CCCCCC1CC(O)c1ccco1. The van der Waals surface area contributed by atoms with Gasteiger partial charge < -0.3 is 14.4 Å². The van der Waals surface area contributed by atoms with Crippen LogP contribution in [0, 0.1) is 6.92 Å². The van der Waals surface area contributed by atoms with Crippen LogP contribution in [0.15, 0.2) is 47.1 Å². The van der Waals surface area contributed by atoms with Gasteiger partial charge in [-0.15, -0.1) is 0 Å². The van der Waals surface area contributed by atoms with E-state index in [1.54, 1.807) is 18.4 Å². The highest BCUT2D eigenvalue weighted by atomic mass is 16.4. The summed E-state index contributed by atoms with van der Waals surface area (Å²) >= 11 is 0. The van der Waals surface area contributed by atoms with E-state index in [9.17, 15) is 9.90 Å². The number of carbonyl (C=O) groups is 1. The van der Waals surface area contributed by atoms with Gasteiger partial charge in [0.25, 0.3) is 5.91 Å². The number of aliphatic hydroxyl groups is 1. The van der Waals surface area contributed by atoms with Gasteiger partial charge in [0.05, 0.1) is 6.26 Å². The number of aliphatic hydroxyl groups excluding tert-OH is 1. The molecule has 1 fully saturated rings. The molecule has 1 aliphatic rings. The molecule has 1 aromatic heterocycles. The molecule has 24 heavy (non-hydrogen) atoms. The van der Waals surface area contributed by atoms with Crippen LogP contribution in [0.25, 0.3) is 0 Å². The standard InChI is InChI=1S/C20H25NO3/c1-15-8-4-5-10-17(15)20(23)21-12-6-2-3-9-16(21)14-18(22)19-11-7-13-24-19/h4-5,7-8,10-11,13,16,18,22H,2-3,6,9,12,14H2,1H3. The van der Waals surface area contributed by atoms with Crippen LogP contribution in [0.3, 0.4) is 0 Å². The van der Waals surface area contributed by atoms with E-state index in [0.29, 0.717) is 12.2 Å². The summed E-state index contributed by atoms with van der Waals surface area (Å²) in [6.45, 7) is 2.72. The third kappa shape index (κ3) is 3.70. The zero-order valence-electron chi connectivity index (χ0n) is 14.1. The molecule has 1 aromatic carbocycles. The van der Waals surface area contributed by atoms with Gasteiger partial charge in [0.1, 0.15) is 11.9 Å². The first-order chi connectivity index (χ1) is 11.7. The van der Waals surface area contributed by atoms with Crippen molar-refractivity contribution in [3.63, 3.8) is 0 Å². The summed E-state index contributed by atoms with van der Waals surface area (Å²) in [7, 11) is 0. The van der Waals surface area contributed by atoms with Gasteiger partial charge in [-0.1, -0.05) is 31.0 Å². The van der Waals surface area contributed by atoms with Crippen LogP contribution >= 0.6 is 0 Å². The quantitative estimate of drug-likeness (QED) is 0.920. The lowest BCUT2D eigenvalue weighted by Crippen LogP contribution is -2.41. The Morgan fingerprint density at radius 2 is 2.08 bits per heavy atom. The van der Waals surface area contributed by atoms with Crippen molar-refractivity contribution >= 4 is 5.91 Å². The Hall–Kier alpha value is -2.07. The number of likely N-dealkylation sites (tertiary alicyclic amines) is 1. The maximum atomic E-state index is 13.1. The number of rotatable bonds is 4. The molecule has 2 aromatic rings. The average Bonchev–Trinajstić information content (AvgIpc) is 3.03. The highest BCUT2D eigenvalue weighted by molar-refractivity contribution is 5.95. The summed E-state index contributed by atoms with van der Waals surface area (Å²) in [5.41, 5.74) is 1.76. The van der Waals surface area contributed by atoms with Crippen LogP contribution < -0.4 is 0 Å².